The first kappa shape index (κ1) is 28.5. The molecular formula is C30H34Cl2N2O3. The molecule has 0 aliphatic carbocycles. The first-order valence-corrected chi connectivity index (χ1v) is 13.3. The molecule has 7 heteroatoms. The molecule has 3 rings (SSSR count). The van der Waals surface area contributed by atoms with Crippen LogP contribution in [0.2, 0.25) is 10.0 Å². The minimum absolute atomic E-state index is 0.182. The van der Waals surface area contributed by atoms with Crippen molar-refractivity contribution < 1.29 is 14.3 Å². The van der Waals surface area contributed by atoms with E-state index in [4.69, 9.17) is 27.9 Å². The van der Waals surface area contributed by atoms with Crippen LogP contribution in [0.1, 0.15) is 49.8 Å². The molecule has 0 aliphatic heterocycles. The number of amides is 2. The smallest absolute Gasteiger partial charge is 0.261 e. The normalized spacial score (nSPS) is 11.7. The van der Waals surface area contributed by atoms with Gasteiger partial charge in [0, 0.05) is 19.5 Å². The SMILES string of the molecule is CCCNC(=O)C(Cc1ccccc1)N(Cc1ccc(Cl)c(Cl)c1)C(=O)COc1ccccc1C(C)C. The van der Waals surface area contributed by atoms with Crippen LogP contribution in [0.5, 0.6) is 5.75 Å². The topological polar surface area (TPSA) is 58.6 Å². The van der Waals surface area contributed by atoms with Crippen LogP contribution in [0.15, 0.2) is 72.8 Å². The predicted molar refractivity (Wildman–Crippen MR) is 150 cm³/mol. The van der Waals surface area contributed by atoms with Crippen molar-refractivity contribution in [3.63, 3.8) is 0 Å². The number of hydrogen-bond donors (Lipinski definition) is 1. The second-order valence-electron chi connectivity index (χ2n) is 9.25. The minimum Gasteiger partial charge on any atom is -0.483 e. The molecule has 0 heterocycles. The Morgan fingerprint density at radius 2 is 1.62 bits per heavy atom. The van der Waals surface area contributed by atoms with Gasteiger partial charge in [0.25, 0.3) is 5.91 Å². The molecule has 3 aromatic rings. The molecule has 2 amide bonds. The van der Waals surface area contributed by atoms with E-state index in [0.717, 1.165) is 23.1 Å². The van der Waals surface area contributed by atoms with Crippen LogP contribution in [0.4, 0.5) is 0 Å². The third-order valence-corrected chi connectivity index (χ3v) is 6.79. The summed E-state index contributed by atoms with van der Waals surface area (Å²) in [7, 11) is 0. The fourth-order valence-corrected chi connectivity index (χ4v) is 4.39. The average Bonchev–Trinajstić information content (AvgIpc) is 2.90. The Balaban J connectivity index is 1.93. The van der Waals surface area contributed by atoms with Crippen molar-refractivity contribution >= 4 is 35.0 Å². The van der Waals surface area contributed by atoms with E-state index in [1.165, 1.54) is 0 Å². The van der Waals surface area contributed by atoms with Crippen molar-refractivity contribution in [3.8, 4) is 5.75 Å². The van der Waals surface area contributed by atoms with Crippen molar-refractivity contribution in [3.05, 3.63) is 99.5 Å². The monoisotopic (exact) mass is 540 g/mol. The summed E-state index contributed by atoms with van der Waals surface area (Å²) in [5, 5.41) is 3.79. The molecule has 37 heavy (non-hydrogen) atoms. The molecule has 0 spiro atoms. The van der Waals surface area contributed by atoms with Crippen molar-refractivity contribution in [2.45, 2.75) is 52.1 Å². The number of ether oxygens (including phenoxy) is 1. The lowest BCUT2D eigenvalue weighted by Crippen LogP contribution is -2.51. The van der Waals surface area contributed by atoms with Crippen molar-refractivity contribution in [1.82, 2.24) is 10.2 Å². The Kier molecular flexibility index (Phi) is 10.8. The first-order chi connectivity index (χ1) is 17.8. The third kappa shape index (κ3) is 8.24. The highest BCUT2D eigenvalue weighted by Crippen LogP contribution is 2.27. The number of benzene rings is 3. The van der Waals surface area contributed by atoms with Gasteiger partial charge in [-0.3, -0.25) is 9.59 Å². The zero-order chi connectivity index (χ0) is 26.8. The maximum atomic E-state index is 13.7. The van der Waals surface area contributed by atoms with Crippen LogP contribution in [-0.2, 0) is 22.6 Å². The van der Waals surface area contributed by atoms with E-state index in [0.29, 0.717) is 28.8 Å². The summed E-state index contributed by atoms with van der Waals surface area (Å²) in [6, 6.07) is 21.9. The van der Waals surface area contributed by atoms with Gasteiger partial charge in [-0.15, -0.1) is 0 Å². The summed E-state index contributed by atoms with van der Waals surface area (Å²) in [5.41, 5.74) is 2.75. The van der Waals surface area contributed by atoms with Crippen LogP contribution >= 0.6 is 23.2 Å². The molecule has 0 saturated heterocycles. The van der Waals surface area contributed by atoms with E-state index in [2.05, 4.69) is 19.2 Å². The molecule has 3 aromatic carbocycles. The summed E-state index contributed by atoms with van der Waals surface area (Å²) >= 11 is 12.4. The average molecular weight is 542 g/mol. The standard InChI is InChI=1S/C30H34Cl2N2O3/c1-4-16-33-30(36)27(18-22-10-6-5-7-11-22)34(19-23-14-15-25(31)26(32)17-23)29(35)20-37-28-13-9-8-12-24(28)21(2)3/h5-15,17,21,27H,4,16,18-20H2,1-3H3,(H,33,36). The van der Waals surface area contributed by atoms with E-state index in [9.17, 15) is 9.59 Å². The number of carbonyl (C=O) groups is 2. The molecule has 1 unspecified atom stereocenters. The maximum Gasteiger partial charge on any atom is 0.261 e. The molecule has 196 valence electrons. The zero-order valence-electron chi connectivity index (χ0n) is 21.5. The van der Waals surface area contributed by atoms with Gasteiger partial charge in [-0.25, -0.2) is 0 Å². The maximum absolute atomic E-state index is 13.7. The lowest BCUT2D eigenvalue weighted by Gasteiger charge is -2.31. The van der Waals surface area contributed by atoms with Gasteiger partial charge in [0.15, 0.2) is 6.61 Å². The quantitative estimate of drug-likeness (QED) is 0.279. The Bertz CT molecular complexity index is 1180. The van der Waals surface area contributed by atoms with Crippen LogP contribution in [0, 0.1) is 0 Å². The highest BCUT2D eigenvalue weighted by molar-refractivity contribution is 6.42. The Labute approximate surface area is 229 Å². The van der Waals surface area contributed by atoms with Gasteiger partial charge in [0.2, 0.25) is 5.91 Å². The molecule has 1 N–H and O–H groups in total. The Morgan fingerprint density at radius 1 is 0.919 bits per heavy atom. The highest BCUT2D eigenvalue weighted by Gasteiger charge is 2.30. The van der Waals surface area contributed by atoms with Crippen LogP contribution in [-0.4, -0.2) is 35.9 Å². The number of para-hydroxylation sites is 1. The van der Waals surface area contributed by atoms with Crippen LogP contribution in [0.3, 0.4) is 0 Å². The van der Waals surface area contributed by atoms with Crippen LogP contribution < -0.4 is 10.1 Å². The Hall–Kier alpha value is -3.02. The molecule has 5 nitrogen and oxygen atoms in total. The predicted octanol–water partition coefficient (Wildman–Crippen LogP) is 6.66. The second kappa shape index (κ2) is 14.1. The van der Waals surface area contributed by atoms with Gasteiger partial charge in [-0.05, 0) is 47.2 Å². The zero-order valence-corrected chi connectivity index (χ0v) is 23.1. The van der Waals surface area contributed by atoms with E-state index in [-0.39, 0.29) is 30.9 Å². The van der Waals surface area contributed by atoms with E-state index >= 15 is 0 Å². The Morgan fingerprint density at radius 3 is 2.30 bits per heavy atom. The number of rotatable bonds is 12. The lowest BCUT2D eigenvalue weighted by molar-refractivity contribution is -0.142. The molecular weight excluding hydrogens is 507 g/mol. The molecule has 1 atom stereocenters. The van der Waals surface area contributed by atoms with Crippen molar-refractivity contribution in [2.24, 2.45) is 0 Å². The summed E-state index contributed by atoms with van der Waals surface area (Å²) in [6.07, 6.45) is 1.16. The summed E-state index contributed by atoms with van der Waals surface area (Å²) in [4.78, 5) is 28.7. The first-order valence-electron chi connectivity index (χ1n) is 12.6. The van der Waals surface area contributed by atoms with E-state index in [1.54, 1.807) is 17.0 Å². The number of nitrogens with zero attached hydrogens (tertiary/aromatic N) is 1. The van der Waals surface area contributed by atoms with E-state index in [1.807, 2.05) is 67.6 Å². The summed E-state index contributed by atoms with van der Waals surface area (Å²) in [5.74, 6) is 0.401. The molecule has 0 bridgehead atoms. The largest absolute Gasteiger partial charge is 0.483 e. The molecule has 0 aromatic heterocycles. The lowest BCUT2D eigenvalue weighted by atomic mass is 10.0. The fraction of sp³-hybridized carbons (Fsp3) is 0.333. The summed E-state index contributed by atoms with van der Waals surface area (Å²) < 4.78 is 6.01. The number of halogens is 2. The number of nitrogens with one attached hydrogen (secondary N) is 1. The fourth-order valence-electron chi connectivity index (χ4n) is 4.07. The van der Waals surface area contributed by atoms with Crippen molar-refractivity contribution in [2.75, 3.05) is 13.2 Å². The van der Waals surface area contributed by atoms with Gasteiger partial charge < -0.3 is 15.0 Å². The van der Waals surface area contributed by atoms with Gasteiger partial charge in [0.05, 0.1) is 10.0 Å². The van der Waals surface area contributed by atoms with Gasteiger partial charge in [0.1, 0.15) is 11.8 Å². The highest BCUT2D eigenvalue weighted by atomic mass is 35.5. The molecule has 0 fully saturated rings. The number of hydrogen-bond acceptors (Lipinski definition) is 3. The van der Waals surface area contributed by atoms with Gasteiger partial charge in [-0.2, -0.15) is 0 Å². The minimum atomic E-state index is -0.736. The van der Waals surface area contributed by atoms with Crippen LogP contribution in [0.25, 0.3) is 0 Å². The van der Waals surface area contributed by atoms with Crippen molar-refractivity contribution in [1.29, 1.82) is 0 Å². The molecule has 0 aliphatic rings. The van der Waals surface area contributed by atoms with Gasteiger partial charge in [-0.1, -0.05) is 98.6 Å². The number of carbonyl (C=O) groups excluding carboxylic acids is 2. The molecule has 0 radical (unpaired) electrons. The second-order valence-corrected chi connectivity index (χ2v) is 10.1. The van der Waals surface area contributed by atoms with E-state index < -0.39 is 6.04 Å². The molecule has 0 saturated carbocycles. The summed E-state index contributed by atoms with van der Waals surface area (Å²) in [6.45, 7) is 6.66. The third-order valence-electron chi connectivity index (χ3n) is 6.05. The van der Waals surface area contributed by atoms with Gasteiger partial charge >= 0.3 is 0 Å².